The molecule has 142 valence electrons. The lowest BCUT2D eigenvalue weighted by atomic mass is 9.55. The van der Waals surface area contributed by atoms with E-state index < -0.39 is 0 Å². The number of benzene rings is 2. The van der Waals surface area contributed by atoms with Crippen molar-refractivity contribution in [2.75, 3.05) is 7.11 Å². The monoisotopic (exact) mass is 362 g/mol. The lowest BCUT2D eigenvalue weighted by Gasteiger charge is -2.18. The first-order valence-electron chi connectivity index (χ1n) is 10.4. The Hall–Kier alpha value is -2.00. The molecule has 0 radical (unpaired) electrons. The molecule has 0 aliphatic carbocycles. The molecule has 3 rings (SSSR count). The Balaban J connectivity index is 2.03. The minimum absolute atomic E-state index is 0.00650. The first-order valence-corrected chi connectivity index (χ1v) is 10.4. The van der Waals surface area contributed by atoms with Crippen LogP contribution in [0, 0.1) is 0 Å². The zero-order valence-electron chi connectivity index (χ0n) is 16.9. The van der Waals surface area contributed by atoms with Gasteiger partial charge in [-0.05, 0) is 41.6 Å². The predicted molar refractivity (Wildman–Crippen MR) is 115 cm³/mol. The minimum Gasteiger partial charge on any atom is -0.497 e. The summed E-state index contributed by atoms with van der Waals surface area (Å²) in [5, 5.41) is 0. The molecule has 0 bridgehead atoms. The van der Waals surface area contributed by atoms with Gasteiger partial charge in [-0.25, -0.2) is 0 Å². The van der Waals surface area contributed by atoms with E-state index in [1.165, 1.54) is 47.9 Å². The van der Waals surface area contributed by atoms with Crippen LogP contribution in [0.15, 0.2) is 60.1 Å². The molecule has 27 heavy (non-hydrogen) atoms. The van der Waals surface area contributed by atoms with Crippen LogP contribution in [0.2, 0.25) is 6.32 Å². The minimum atomic E-state index is 0.00650. The highest BCUT2D eigenvalue weighted by atomic mass is 16.5. The first kappa shape index (κ1) is 19.8. The molecular formula is C24H31BO2. The van der Waals surface area contributed by atoms with Crippen molar-refractivity contribution < 1.29 is 9.39 Å². The lowest BCUT2D eigenvalue weighted by Crippen LogP contribution is -2.17. The quantitative estimate of drug-likeness (QED) is 0.460. The molecule has 1 aliphatic heterocycles. The molecule has 1 aliphatic rings. The van der Waals surface area contributed by atoms with Crippen molar-refractivity contribution in [1.82, 2.24) is 0 Å². The summed E-state index contributed by atoms with van der Waals surface area (Å²) in [6, 6.07) is 19.2. The Morgan fingerprint density at radius 2 is 1.63 bits per heavy atom. The molecule has 1 heterocycles. The van der Waals surface area contributed by atoms with Gasteiger partial charge >= 0.3 is 6.92 Å². The average Bonchev–Trinajstić information content (AvgIpc) is 3.09. The van der Waals surface area contributed by atoms with Gasteiger partial charge in [0.1, 0.15) is 5.75 Å². The molecule has 2 nitrogen and oxygen atoms in total. The Bertz CT molecular complexity index is 737. The molecule has 2 aromatic carbocycles. The van der Waals surface area contributed by atoms with Gasteiger partial charge in [-0.15, -0.1) is 0 Å². The smallest absolute Gasteiger partial charge is 0.324 e. The summed E-state index contributed by atoms with van der Waals surface area (Å²) in [5.41, 5.74) is 5.40. The van der Waals surface area contributed by atoms with Gasteiger partial charge in [0.15, 0.2) is 0 Å². The van der Waals surface area contributed by atoms with Crippen molar-refractivity contribution in [3.8, 4) is 5.75 Å². The van der Waals surface area contributed by atoms with Crippen LogP contribution in [0.1, 0.15) is 63.2 Å². The number of ether oxygens (including phenoxy) is 1. The second-order valence-corrected chi connectivity index (χ2v) is 7.33. The van der Waals surface area contributed by atoms with Gasteiger partial charge in [-0.3, -0.25) is 0 Å². The van der Waals surface area contributed by atoms with Gasteiger partial charge in [0, 0.05) is 0 Å². The zero-order chi connectivity index (χ0) is 19.1. The number of hydrogen-bond donors (Lipinski definition) is 0. The maximum Gasteiger partial charge on any atom is 0.324 e. The normalized spacial score (nSPS) is 16.9. The number of hydrogen-bond acceptors (Lipinski definition) is 2. The number of allylic oxidation sites excluding steroid dienone is 1. The fourth-order valence-corrected chi connectivity index (χ4v) is 3.93. The van der Waals surface area contributed by atoms with Gasteiger partial charge in [-0.2, -0.15) is 0 Å². The molecule has 2 aromatic rings. The Morgan fingerprint density at radius 3 is 2.26 bits per heavy atom. The van der Waals surface area contributed by atoms with E-state index in [9.17, 15) is 0 Å². The first-order chi connectivity index (χ1) is 13.3. The molecule has 0 saturated heterocycles. The maximum absolute atomic E-state index is 6.68. The molecule has 3 heteroatoms. The third kappa shape index (κ3) is 4.65. The summed E-state index contributed by atoms with van der Waals surface area (Å²) >= 11 is 0. The van der Waals surface area contributed by atoms with Gasteiger partial charge in [0.05, 0.1) is 13.2 Å². The third-order valence-electron chi connectivity index (χ3n) is 5.42. The highest BCUT2D eigenvalue weighted by Gasteiger charge is 2.37. The van der Waals surface area contributed by atoms with Crippen molar-refractivity contribution >= 4 is 12.5 Å². The third-order valence-corrected chi connectivity index (χ3v) is 5.42. The molecular weight excluding hydrogens is 331 g/mol. The summed E-state index contributed by atoms with van der Waals surface area (Å²) < 4.78 is 12.0. The largest absolute Gasteiger partial charge is 0.497 e. The Labute approximate surface area is 164 Å². The number of methoxy groups -OCH3 is 1. The van der Waals surface area contributed by atoms with Crippen LogP contribution in [0.25, 0.3) is 5.57 Å². The molecule has 0 saturated carbocycles. The second kappa shape index (κ2) is 9.80. The van der Waals surface area contributed by atoms with E-state index in [4.69, 9.17) is 9.39 Å². The highest BCUT2D eigenvalue weighted by Crippen LogP contribution is 2.45. The predicted octanol–water partition coefficient (Wildman–Crippen LogP) is 6.74. The lowest BCUT2D eigenvalue weighted by molar-refractivity contribution is 0.279. The molecule has 0 aromatic heterocycles. The van der Waals surface area contributed by atoms with Gasteiger partial charge < -0.3 is 9.39 Å². The Morgan fingerprint density at radius 1 is 0.926 bits per heavy atom. The molecule has 0 amide bonds. The van der Waals surface area contributed by atoms with Crippen molar-refractivity contribution in [3.63, 3.8) is 0 Å². The van der Waals surface area contributed by atoms with E-state index in [-0.39, 0.29) is 13.0 Å². The number of rotatable bonds is 9. The summed E-state index contributed by atoms with van der Waals surface area (Å²) in [6.07, 6.45) is 7.07. The summed E-state index contributed by atoms with van der Waals surface area (Å²) in [5.74, 6) is 0.885. The standard InChI is InChI=1S/C24H31BO2/c1-4-6-13-22-23(19-11-9-8-10-12-19)24(27-25(22)18-7-5-2)20-14-16-21(26-3)17-15-20/h8-12,14-17,24H,4-7,13,18H2,1-3H3. The van der Waals surface area contributed by atoms with Gasteiger partial charge in [0.25, 0.3) is 0 Å². The van der Waals surface area contributed by atoms with Crippen molar-refractivity contribution in [2.24, 2.45) is 0 Å². The second-order valence-electron chi connectivity index (χ2n) is 7.33. The molecule has 0 fully saturated rings. The highest BCUT2D eigenvalue weighted by molar-refractivity contribution is 6.63. The van der Waals surface area contributed by atoms with Crippen LogP contribution < -0.4 is 4.74 Å². The van der Waals surface area contributed by atoms with Gasteiger partial charge in [-0.1, -0.05) is 87.5 Å². The van der Waals surface area contributed by atoms with E-state index in [2.05, 4.69) is 56.3 Å². The van der Waals surface area contributed by atoms with Crippen LogP contribution in [-0.4, -0.2) is 14.0 Å². The van der Waals surface area contributed by atoms with Crippen molar-refractivity contribution in [2.45, 2.75) is 58.4 Å². The summed E-state index contributed by atoms with van der Waals surface area (Å²) in [7, 11) is 1.71. The van der Waals surface area contributed by atoms with Crippen LogP contribution >= 0.6 is 0 Å². The van der Waals surface area contributed by atoms with Crippen molar-refractivity contribution in [1.29, 1.82) is 0 Å². The van der Waals surface area contributed by atoms with E-state index in [0.717, 1.165) is 18.5 Å². The van der Waals surface area contributed by atoms with E-state index >= 15 is 0 Å². The topological polar surface area (TPSA) is 18.5 Å². The number of unbranched alkanes of at least 4 members (excludes halogenated alkanes) is 2. The van der Waals surface area contributed by atoms with Crippen LogP contribution in [0.3, 0.4) is 0 Å². The summed E-state index contributed by atoms with van der Waals surface area (Å²) in [4.78, 5) is 0. The van der Waals surface area contributed by atoms with Crippen LogP contribution in [0.5, 0.6) is 5.75 Å². The molecule has 1 unspecified atom stereocenters. The van der Waals surface area contributed by atoms with Crippen LogP contribution in [-0.2, 0) is 4.65 Å². The Kier molecular flexibility index (Phi) is 7.17. The average molecular weight is 362 g/mol. The molecule has 1 atom stereocenters. The van der Waals surface area contributed by atoms with E-state index in [0.29, 0.717) is 0 Å². The maximum atomic E-state index is 6.68. The zero-order valence-corrected chi connectivity index (χ0v) is 16.9. The molecule has 0 N–H and O–H groups in total. The van der Waals surface area contributed by atoms with Crippen molar-refractivity contribution in [3.05, 3.63) is 71.2 Å². The van der Waals surface area contributed by atoms with Gasteiger partial charge in [0.2, 0.25) is 0 Å². The van der Waals surface area contributed by atoms with E-state index in [1.807, 2.05) is 12.1 Å². The summed E-state index contributed by atoms with van der Waals surface area (Å²) in [6.45, 7) is 4.75. The van der Waals surface area contributed by atoms with Crippen LogP contribution in [0.4, 0.5) is 0 Å². The fraction of sp³-hybridized carbons (Fsp3) is 0.417. The molecule has 0 spiro atoms. The fourth-order valence-electron chi connectivity index (χ4n) is 3.93. The SMILES string of the molecule is CCCCB1OC(c2ccc(OC)cc2)C(c2ccccc2)=C1CCCC. The van der Waals surface area contributed by atoms with E-state index in [1.54, 1.807) is 7.11 Å².